The summed E-state index contributed by atoms with van der Waals surface area (Å²) in [6.45, 7) is 4.10. The number of imidazole rings is 1. The highest BCUT2D eigenvalue weighted by Gasteiger charge is 2.28. The highest BCUT2D eigenvalue weighted by molar-refractivity contribution is 6.30. The fraction of sp³-hybridized carbons (Fsp3) is 0.241. The van der Waals surface area contributed by atoms with Gasteiger partial charge in [0.05, 0.1) is 17.9 Å². The predicted octanol–water partition coefficient (Wildman–Crippen LogP) is 4.49. The summed E-state index contributed by atoms with van der Waals surface area (Å²) in [6, 6.07) is 22.0. The number of nitrogens with zero attached hydrogens (tertiary/aromatic N) is 6. The lowest BCUT2D eigenvalue weighted by molar-refractivity contribution is -0.134. The number of rotatable bonds is 5. The molecule has 0 bridgehead atoms. The van der Waals surface area contributed by atoms with Crippen LogP contribution < -0.4 is 0 Å². The Balaban J connectivity index is 1.29. The summed E-state index contributed by atoms with van der Waals surface area (Å²) in [5, 5.41) is 0.703. The molecule has 1 saturated heterocycles. The number of piperazine rings is 1. The first-order valence-corrected chi connectivity index (χ1v) is 12.9. The maximum Gasteiger partial charge on any atom is 0.249 e. The van der Waals surface area contributed by atoms with Gasteiger partial charge in [0.25, 0.3) is 0 Å². The van der Waals surface area contributed by atoms with E-state index in [0.29, 0.717) is 24.7 Å². The van der Waals surface area contributed by atoms with Crippen molar-refractivity contribution >= 4 is 35.6 Å². The van der Waals surface area contributed by atoms with E-state index < -0.39 is 0 Å². The summed E-state index contributed by atoms with van der Waals surface area (Å²) in [4.78, 5) is 30.7. The highest BCUT2D eigenvalue weighted by atomic mass is 35.5. The first kappa shape index (κ1) is 23.6. The third kappa shape index (κ3) is 4.92. The minimum absolute atomic E-state index is 0.0666. The second kappa shape index (κ2) is 10.3. The molecule has 1 unspecified atom stereocenters. The molecule has 8 heteroatoms. The predicted molar refractivity (Wildman–Crippen MR) is 149 cm³/mol. The molecular weight excluding hydrogens is 484 g/mol. The lowest BCUT2D eigenvalue weighted by Crippen LogP contribution is -2.51. The molecule has 4 aromatic rings. The van der Waals surface area contributed by atoms with Crippen molar-refractivity contribution in [3.63, 3.8) is 0 Å². The van der Waals surface area contributed by atoms with Gasteiger partial charge in [-0.2, -0.15) is 0 Å². The third-order valence-electron chi connectivity index (χ3n) is 7.00. The molecule has 7 nitrogen and oxygen atoms in total. The number of benzene rings is 2. The van der Waals surface area contributed by atoms with Gasteiger partial charge < -0.3 is 9.30 Å². The SMILES string of the molecule is O=C(C1CN=CC=N1)N1CCN(Cc2c(-c3ccc(Cl)cc3)nc3ccc(-c4ccccc4)cn23)CC1. The van der Waals surface area contributed by atoms with E-state index in [9.17, 15) is 4.79 Å². The normalized spacial score (nSPS) is 18.0. The van der Waals surface area contributed by atoms with Gasteiger partial charge in [0, 0.05) is 61.9 Å². The van der Waals surface area contributed by atoms with Crippen molar-refractivity contribution in [1.82, 2.24) is 19.2 Å². The van der Waals surface area contributed by atoms with Gasteiger partial charge in [0.2, 0.25) is 5.91 Å². The van der Waals surface area contributed by atoms with Crippen molar-refractivity contribution in [2.45, 2.75) is 12.6 Å². The summed E-state index contributed by atoms with van der Waals surface area (Å²) < 4.78 is 2.21. The lowest BCUT2D eigenvalue weighted by atomic mass is 10.1. The molecule has 0 radical (unpaired) electrons. The van der Waals surface area contributed by atoms with Crippen LogP contribution in [0.5, 0.6) is 0 Å². The van der Waals surface area contributed by atoms with Crippen LogP contribution in [0.3, 0.4) is 0 Å². The number of amides is 1. The zero-order valence-corrected chi connectivity index (χ0v) is 21.1. The standard InChI is InChI=1S/C29H27ClN6O/c30-24-9-6-22(7-10-24)28-26(36-19-23(8-11-27(36)33-28)21-4-2-1-3-5-21)20-34-14-16-35(17-15-34)29(37)25-18-31-12-13-32-25/h1-13,19,25H,14-18,20H2. The Hall–Kier alpha value is -3.81. The fourth-order valence-corrected chi connectivity index (χ4v) is 5.10. The van der Waals surface area contributed by atoms with Crippen LogP contribution in [0.4, 0.5) is 0 Å². The number of hydrogen-bond donors (Lipinski definition) is 0. The number of pyridine rings is 1. The zero-order valence-electron chi connectivity index (χ0n) is 20.4. The van der Waals surface area contributed by atoms with E-state index in [0.717, 1.165) is 47.8 Å². The number of aromatic nitrogens is 2. The summed E-state index contributed by atoms with van der Waals surface area (Å²) in [6.07, 6.45) is 5.45. The van der Waals surface area contributed by atoms with E-state index in [4.69, 9.17) is 16.6 Å². The van der Waals surface area contributed by atoms with Crippen LogP contribution in [0.1, 0.15) is 5.69 Å². The van der Waals surface area contributed by atoms with Crippen molar-refractivity contribution in [2.75, 3.05) is 32.7 Å². The summed E-state index contributed by atoms with van der Waals surface area (Å²) in [5.74, 6) is 0.0666. The van der Waals surface area contributed by atoms with Crippen LogP contribution in [0, 0.1) is 0 Å². The first-order chi connectivity index (χ1) is 18.2. The van der Waals surface area contributed by atoms with Crippen LogP contribution >= 0.6 is 11.6 Å². The number of carbonyl (C=O) groups excluding carboxylic acids is 1. The van der Waals surface area contributed by atoms with Gasteiger partial charge in [-0.1, -0.05) is 54.1 Å². The van der Waals surface area contributed by atoms with Crippen molar-refractivity contribution in [2.24, 2.45) is 9.98 Å². The van der Waals surface area contributed by atoms with E-state index in [2.05, 4.69) is 61.9 Å². The monoisotopic (exact) mass is 510 g/mol. The molecule has 2 aliphatic heterocycles. The molecule has 2 aromatic carbocycles. The van der Waals surface area contributed by atoms with Crippen molar-refractivity contribution in [3.8, 4) is 22.4 Å². The van der Waals surface area contributed by atoms with Crippen molar-refractivity contribution in [3.05, 3.63) is 83.6 Å². The number of fused-ring (bicyclic) bond motifs is 1. The minimum Gasteiger partial charge on any atom is -0.338 e. The Morgan fingerprint density at radius 3 is 2.35 bits per heavy atom. The molecule has 0 saturated carbocycles. The molecule has 186 valence electrons. The topological polar surface area (TPSA) is 65.6 Å². The molecule has 6 rings (SSSR count). The van der Waals surface area contributed by atoms with Gasteiger partial charge >= 0.3 is 0 Å². The van der Waals surface area contributed by atoms with Crippen LogP contribution in [0.25, 0.3) is 28.0 Å². The van der Waals surface area contributed by atoms with E-state index in [-0.39, 0.29) is 11.9 Å². The van der Waals surface area contributed by atoms with E-state index in [1.54, 1.807) is 12.4 Å². The van der Waals surface area contributed by atoms with E-state index in [1.807, 2.05) is 35.2 Å². The Bertz CT molecular complexity index is 1470. The van der Waals surface area contributed by atoms with E-state index >= 15 is 0 Å². The maximum atomic E-state index is 12.9. The van der Waals surface area contributed by atoms with Gasteiger partial charge in [-0.15, -0.1) is 0 Å². The Morgan fingerprint density at radius 2 is 1.62 bits per heavy atom. The summed E-state index contributed by atoms with van der Waals surface area (Å²) >= 11 is 6.17. The highest BCUT2D eigenvalue weighted by Crippen LogP contribution is 2.29. The Labute approximate surface area is 220 Å². The van der Waals surface area contributed by atoms with Gasteiger partial charge in [0.1, 0.15) is 11.7 Å². The molecular formula is C29H27ClN6O. The molecule has 37 heavy (non-hydrogen) atoms. The van der Waals surface area contributed by atoms with E-state index in [1.165, 1.54) is 5.56 Å². The number of hydrogen-bond acceptors (Lipinski definition) is 5. The van der Waals surface area contributed by atoms with Crippen LogP contribution in [0.15, 0.2) is 82.9 Å². The minimum atomic E-state index is -0.386. The van der Waals surface area contributed by atoms with Crippen molar-refractivity contribution < 1.29 is 4.79 Å². The van der Waals surface area contributed by atoms with Gasteiger partial charge in [-0.05, 0) is 35.4 Å². The second-order valence-electron chi connectivity index (χ2n) is 9.36. The lowest BCUT2D eigenvalue weighted by Gasteiger charge is -2.35. The molecule has 2 aromatic heterocycles. The second-order valence-corrected chi connectivity index (χ2v) is 9.79. The summed E-state index contributed by atoms with van der Waals surface area (Å²) in [7, 11) is 0. The largest absolute Gasteiger partial charge is 0.338 e. The van der Waals surface area contributed by atoms with Gasteiger partial charge in [-0.25, -0.2) is 4.98 Å². The molecule has 1 amide bonds. The number of carbonyl (C=O) groups is 1. The number of aliphatic imine (C=N–C) groups is 2. The summed E-state index contributed by atoms with van der Waals surface area (Å²) in [5.41, 5.74) is 6.33. The fourth-order valence-electron chi connectivity index (χ4n) is 4.97. The third-order valence-corrected chi connectivity index (χ3v) is 7.25. The molecule has 4 heterocycles. The quantitative estimate of drug-likeness (QED) is 0.397. The first-order valence-electron chi connectivity index (χ1n) is 12.5. The van der Waals surface area contributed by atoms with Gasteiger partial charge in [0.15, 0.2) is 0 Å². The Kier molecular flexibility index (Phi) is 6.55. The molecule has 0 aliphatic carbocycles. The van der Waals surface area contributed by atoms with Crippen molar-refractivity contribution in [1.29, 1.82) is 0 Å². The van der Waals surface area contributed by atoms with Crippen LogP contribution in [-0.2, 0) is 11.3 Å². The van der Waals surface area contributed by atoms with Crippen LogP contribution in [0.2, 0.25) is 5.02 Å². The molecule has 0 spiro atoms. The Morgan fingerprint density at radius 1 is 0.865 bits per heavy atom. The smallest absolute Gasteiger partial charge is 0.249 e. The van der Waals surface area contributed by atoms with Gasteiger partial charge in [-0.3, -0.25) is 19.7 Å². The molecule has 1 fully saturated rings. The zero-order chi connectivity index (χ0) is 25.2. The average molecular weight is 511 g/mol. The van der Waals surface area contributed by atoms with Crippen LogP contribution in [-0.4, -0.2) is 76.3 Å². The molecule has 2 aliphatic rings. The molecule has 0 N–H and O–H groups in total. The average Bonchev–Trinajstić information content (AvgIpc) is 3.32. The molecule has 1 atom stereocenters. The maximum absolute atomic E-state index is 12.9. The number of halogens is 1.